The van der Waals surface area contributed by atoms with E-state index in [1.165, 1.54) is 0 Å². The number of methoxy groups -OCH3 is 1. The maximum atomic E-state index is 5.98. The highest BCUT2D eigenvalue weighted by atomic mass is 35.5. The Morgan fingerprint density at radius 1 is 1.59 bits per heavy atom. The lowest BCUT2D eigenvalue weighted by atomic mass is 10.3. The third kappa shape index (κ3) is 3.28. The van der Waals surface area contributed by atoms with Gasteiger partial charge in [0.2, 0.25) is 0 Å². The van der Waals surface area contributed by atoms with E-state index in [0.29, 0.717) is 24.2 Å². The van der Waals surface area contributed by atoms with E-state index in [0.717, 1.165) is 18.9 Å². The second-order valence-electron chi connectivity index (χ2n) is 4.03. The van der Waals surface area contributed by atoms with Gasteiger partial charge in [-0.25, -0.2) is 9.97 Å². The summed E-state index contributed by atoms with van der Waals surface area (Å²) in [5.74, 6) is 1.45. The van der Waals surface area contributed by atoms with Crippen molar-refractivity contribution in [3.8, 4) is 0 Å². The van der Waals surface area contributed by atoms with Crippen molar-refractivity contribution in [3.63, 3.8) is 0 Å². The molecule has 1 aliphatic rings. The number of morpholine rings is 1. The number of aromatic nitrogens is 2. The first kappa shape index (κ1) is 12.5. The molecule has 1 aromatic rings. The molecule has 1 unspecified atom stereocenters. The molecule has 0 saturated carbocycles. The van der Waals surface area contributed by atoms with Gasteiger partial charge in [-0.15, -0.1) is 0 Å². The van der Waals surface area contributed by atoms with Crippen molar-refractivity contribution < 1.29 is 9.47 Å². The number of halogens is 1. The van der Waals surface area contributed by atoms with Crippen LogP contribution in [0, 0.1) is 0 Å². The van der Waals surface area contributed by atoms with Crippen LogP contribution in [0.15, 0.2) is 6.07 Å². The van der Waals surface area contributed by atoms with Crippen LogP contribution in [0.25, 0.3) is 0 Å². The highest BCUT2D eigenvalue weighted by Crippen LogP contribution is 2.19. The molecule has 5 nitrogen and oxygen atoms in total. The fourth-order valence-corrected chi connectivity index (χ4v) is 2.03. The van der Waals surface area contributed by atoms with Gasteiger partial charge in [-0.2, -0.15) is 0 Å². The fourth-order valence-electron chi connectivity index (χ4n) is 1.83. The number of rotatable bonds is 3. The molecule has 2 heterocycles. The molecule has 1 fully saturated rings. The van der Waals surface area contributed by atoms with E-state index in [-0.39, 0.29) is 6.10 Å². The van der Waals surface area contributed by atoms with E-state index in [1.54, 1.807) is 13.2 Å². The summed E-state index contributed by atoms with van der Waals surface area (Å²) in [5, 5.41) is 0.446. The number of nitrogens with zero attached hydrogens (tertiary/aromatic N) is 3. The lowest BCUT2D eigenvalue weighted by Gasteiger charge is -2.32. The molecule has 0 amide bonds. The van der Waals surface area contributed by atoms with Crippen molar-refractivity contribution in [2.24, 2.45) is 0 Å². The zero-order valence-electron chi connectivity index (χ0n) is 10.0. The largest absolute Gasteiger partial charge is 0.377 e. The molecule has 1 aromatic heterocycles. The molecule has 2 rings (SSSR count). The number of ether oxygens (including phenoxy) is 2. The van der Waals surface area contributed by atoms with Crippen molar-refractivity contribution >= 4 is 17.4 Å². The molecule has 17 heavy (non-hydrogen) atoms. The number of hydrogen-bond acceptors (Lipinski definition) is 5. The Morgan fingerprint density at radius 2 is 2.41 bits per heavy atom. The van der Waals surface area contributed by atoms with E-state index in [1.807, 2.05) is 6.92 Å². The molecule has 1 atom stereocenters. The minimum absolute atomic E-state index is 0.211. The first-order chi connectivity index (χ1) is 8.19. The highest BCUT2D eigenvalue weighted by Gasteiger charge is 2.19. The van der Waals surface area contributed by atoms with Gasteiger partial charge in [-0.3, -0.25) is 0 Å². The van der Waals surface area contributed by atoms with Crippen LogP contribution in [0.4, 0.5) is 5.82 Å². The Labute approximate surface area is 106 Å². The molecule has 1 saturated heterocycles. The van der Waals surface area contributed by atoms with Crippen LogP contribution in [0.5, 0.6) is 0 Å². The van der Waals surface area contributed by atoms with Gasteiger partial charge in [0.05, 0.1) is 12.7 Å². The Hall–Kier alpha value is -0.910. The zero-order chi connectivity index (χ0) is 12.3. The summed E-state index contributed by atoms with van der Waals surface area (Å²) in [6, 6.07) is 1.78. The van der Waals surface area contributed by atoms with Crippen molar-refractivity contribution in [1.29, 1.82) is 0 Å². The van der Waals surface area contributed by atoms with Crippen LogP contribution < -0.4 is 4.90 Å². The molecule has 0 radical (unpaired) electrons. The van der Waals surface area contributed by atoms with Crippen molar-refractivity contribution in [2.75, 3.05) is 31.7 Å². The maximum absolute atomic E-state index is 5.98. The Kier molecular flexibility index (Phi) is 4.15. The topological polar surface area (TPSA) is 47.5 Å². The van der Waals surface area contributed by atoms with E-state index >= 15 is 0 Å². The van der Waals surface area contributed by atoms with E-state index in [2.05, 4.69) is 14.9 Å². The maximum Gasteiger partial charge on any atom is 0.158 e. The highest BCUT2D eigenvalue weighted by molar-refractivity contribution is 6.29. The summed E-state index contributed by atoms with van der Waals surface area (Å²) in [7, 11) is 1.61. The van der Waals surface area contributed by atoms with Crippen LogP contribution in [0.3, 0.4) is 0 Å². The predicted octanol–water partition coefficient (Wildman–Crippen LogP) is 1.50. The third-order valence-electron chi connectivity index (χ3n) is 2.57. The normalized spacial score (nSPS) is 20.6. The second kappa shape index (κ2) is 5.62. The van der Waals surface area contributed by atoms with Gasteiger partial charge in [-0.05, 0) is 6.92 Å². The number of hydrogen-bond donors (Lipinski definition) is 0. The van der Waals surface area contributed by atoms with Gasteiger partial charge in [-0.1, -0.05) is 11.6 Å². The summed E-state index contributed by atoms with van der Waals surface area (Å²) in [6.07, 6.45) is 0.211. The zero-order valence-corrected chi connectivity index (χ0v) is 10.8. The first-order valence-corrected chi connectivity index (χ1v) is 5.96. The van der Waals surface area contributed by atoms with Crippen molar-refractivity contribution in [2.45, 2.75) is 19.6 Å². The SMILES string of the molecule is COCc1nc(Cl)cc(N2CCOC(C)C2)n1. The van der Waals surface area contributed by atoms with Gasteiger partial charge < -0.3 is 14.4 Å². The van der Waals surface area contributed by atoms with E-state index in [4.69, 9.17) is 21.1 Å². The van der Waals surface area contributed by atoms with Gasteiger partial charge in [0, 0.05) is 26.3 Å². The van der Waals surface area contributed by atoms with Crippen LogP contribution in [0.2, 0.25) is 5.15 Å². The second-order valence-corrected chi connectivity index (χ2v) is 4.41. The smallest absolute Gasteiger partial charge is 0.158 e. The molecule has 0 spiro atoms. The quantitative estimate of drug-likeness (QED) is 0.768. The van der Waals surface area contributed by atoms with Gasteiger partial charge in [0.1, 0.15) is 17.6 Å². The molecular weight excluding hydrogens is 242 g/mol. The standard InChI is InChI=1S/C11H16ClN3O2/c1-8-6-15(3-4-17-8)11-5-9(12)13-10(14-11)7-16-2/h5,8H,3-4,6-7H2,1-2H3. The summed E-state index contributed by atoms with van der Waals surface area (Å²) >= 11 is 5.98. The van der Waals surface area contributed by atoms with Crippen LogP contribution in [0.1, 0.15) is 12.7 Å². The Balaban J connectivity index is 2.18. The van der Waals surface area contributed by atoms with E-state index in [9.17, 15) is 0 Å². The van der Waals surface area contributed by atoms with Gasteiger partial charge >= 0.3 is 0 Å². The molecule has 0 aliphatic carbocycles. The third-order valence-corrected chi connectivity index (χ3v) is 2.76. The van der Waals surface area contributed by atoms with Crippen molar-refractivity contribution in [3.05, 3.63) is 17.0 Å². The Bertz CT molecular complexity index is 389. The molecule has 6 heteroatoms. The molecule has 94 valence electrons. The summed E-state index contributed by atoms with van der Waals surface area (Å²) < 4.78 is 10.5. The molecule has 0 N–H and O–H groups in total. The van der Waals surface area contributed by atoms with Gasteiger partial charge in [0.25, 0.3) is 0 Å². The van der Waals surface area contributed by atoms with Crippen molar-refractivity contribution in [1.82, 2.24) is 9.97 Å². The number of anilines is 1. The lowest BCUT2D eigenvalue weighted by Crippen LogP contribution is -2.41. The minimum Gasteiger partial charge on any atom is -0.377 e. The fraction of sp³-hybridized carbons (Fsp3) is 0.636. The summed E-state index contributed by atoms with van der Waals surface area (Å²) in [4.78, 5) is 10.7. The lowest BCUT2D eigenvalue weighted by molar-refractivity contribution is 0.0529. The monoisotopic (exact) mass is 257 g/mol. The van der Waals surface area contributed by atoms with E-state index < -0.39 is 0 Å². The average molecular weight is 258 g/mol. The van der Waals surface area contributed by atoms with Crippen LogP contribution in [-0.4, -0.2) is 42.9 Å². The summed E-state index contributed by atoms with van der Waals surface area (Å²) in [5.41, 5.74) is 0. The molecule has 1 aliphatic heterocycles. The Morgan fingerprint density at radius 3 is 3.12 bits per heavy atom. The summed E-state index contributed by atoms with van der Waals surface area (Å²) in [6.45, 7) is 4.77. The average Bonchev–Trinajstić information content (AvgIpc) is 2.28. The predicted molar refractivity (Wildman–Crippen MR) is 65.4 cm³/mol. The van der Waals surface area contributed by atoms with Crippen LogP contribution >= 0.6 is 11.6 Å². The molecular formula is C11H16ClN3O2. The van der Waals surface area contributed by atoms with Gasteiger partial charge in [0.15, 0.2) is 5.82 Å². The minimum atomic E-state index is 0.211. The molecule has 0 aromatic carbocycles. The molecule has 0 bridgehead atoms. The van der Waals surface area contributed by atoms with Crippen LogP contribution in [-0.2, 0) is 16.1 Å². The first-order valence-electron chi connectivity index (χ1n) is 5.58.